The molecule has 94 valence electrons. The average Bonchev–Trinajstić information content (AvgIpc) is 2.34. The van der Waals surface area contributed by atoms with Gasteiger partial charge in [0.05, 0.1) is 11.1 Å². The van der Waals surface area contributed by atoms with Crippen LogP contribution in [0.4, 0.5) is 4.39 Å². The Hall–Kier alpha value is -1.03. The molecular formula is C14H12ClFOS. The van der Waals surface area contributed by atoms with Gasteiger partial charge in [0.1, 0.15) is 5.82 Å². The van der Waals surface area contributed by atoms with Gasteiger partial charge < -0.3 is 5.11 Å². The van der Waals surface area contributed by atoms with Crippen molar-refractivity contribution in [1.82, 2.24) is 0 Å². The van der Waals surface area contributed by atoms with Gasteiger partial charge >= 0.3 is 0 Å². The molecule has 0 radical (unpaired) electrons. The number of halogens is 2. The van der Waals surface area contributed by atoms with Gasteiger partial charge in [0.25, 0.3) is 0 Å². The number of aliphatic hydroxyl groups excluding tert-OH is 1. The van der Waals surface area contributed by atoms with E-state index in [1.165, 1.54) is 17.8 Å². The largest absolute Gasteiger partial charge is 0.389 e. The van der Waals surface area contributed by atoms with Crippen LogP contribution >= 0.6 is 23.4 Å². The molecule has 1 nitrogen and oxygen atoms in total. The molecule has 0 aliphatic rings. The van der Waals surface area contributed by atoms with E-state index in [4.69, 9.17) is 11.6 Å². The van der Waals surface area contributed by atoms with Crippen LogP contribution in [0.15, 0.2) is 52.3 Å². The highest BCUT2D eigenvalue weighted by Crippen LogP contribution is 2.35. The number of benzene rings is 2. The zero-order chi connectivity index (χ0) is 13.1. The molecule has 2 aromatic rings. The third-order valence-corrected chi connectivity index (χ3v) is 4.06. The van der Waals surface area contributed by atoms with Crippen molar-refractivity contribution in [2.45, 2.75) is 22.8 Å². The Morgan fingerprint density at radius 2 is 1.89 bits per heavy atom. The molecule has 18 heavy (non-hydrogen) atoms. The van der Waals surface area contributed by atoms with Crippen LogP contribution in [0, 0.1) is 5.82 Å². The Morgan fingerprint density at radius 1 is 1.17 bits per heavy atom. The first kappa shape index (κ1) is 13.4. The number of rotatable bonds is 3. The number of aliphatic hydroxyl groups is 1. The first-order valence-electron chi connectivity index (χ1n) is 5.48. The summed E-state index contributed by atoms with van der Waals surface area (Å²) in [5, 5.41) is 9.98. The van der Waals surface area contributed by atoms with Gasteiger partial charge in [-0.15, -0.1) is 0 Å². The van der Waals surface area contributed by atoms with Crippen molar-refractivity contribution < 1.29 is 9.50 Å². The monoisotopic (exact) mass is 282 g/mol. The topological polar surface area (TPSA) is 20.2 Å². The summed E-state index contributed by atoms with van der Waals surface area (Å²) in [5.41, 5.74) is 0.566. The fourth-order valence-corrected chi connectivity index (χ4v) is 2.60. The van der Waals surface area contributed by atoms with Gasteiger partial charge in [-0.1, -0.05) is 41.6 Å². The van der Waals surface area contributed by atoms with E-state index in [9.17, 15) is 9.50 Å². The van der Waals surface area contributed by atoms with E-state index < -0.39 is 6.10 Å². The highest BCUT2D eigenvalue weighted by Gasteiger charge is 2.09. The van der Waals surface area contributed by atoms with Gasteiger partial charge in [-0.2, -0.15) is 0 Å². The molecule has 4 heteroatoms. The minimum atomic E-state index is -0.668. The van der Waals surface area contributed by atoms with E-state index in [-0.39, 0.29) is 5.82 Å². The molecule has 0 bridgehead atoms. The standard InChI is InChI=1S/C14H12ClFOS/c1-9(17)10-6-7-14(12(16)8-10)18-13-5-3-2-4-11(13)15/h2-9,17H,1H3. The summed E-state index contributed by atoms with van der Waals surface area (Å²) in [6, 6.07) is 12.0. The van der Waals surface area contributed by atoms with Gasteiger partial charge in [-0.3, -0.25) is 0 Å². The van der Waals surface area contributed by atoms with Crippen LogP contribution in [0.25, 0.3) is 0 Å². The van der Waals surface area contributed by atoms with Crippen molar-refractivity contribution in [1.29, 1.82) is 0 Å². The van der Waals surface area contributed by atoms with Gasteiger partial charge in [0.2, 0.25) is 0 Å². The Morgan fingerprint density at radius 3 is 2.50 bits per heavy atom. The molecule has 0 fully saturated rings. The van der Waals surface area contributed by atoms with Crippen LogP contribution in [-0.2, 0) is 0 Å². The Balaban J connectivity index is 2.28. The van der Waals surface area contributed by atoms with Crippen molar-refractivity contribution in [2.75, 3.05) is 0 Å². The van der Waals surface area contributed by atoms with Gasteiger partial charge in [0, 0.05) is 9.79 Å². The second kappa shape index (κ2) is 5.74. The number of hydrogen-bond donors (Lipinski definition) is 1. The van der Waals surface area contributed by atoms with Crippen molar-refractivity contribution in [3.05, 3.63) is 58.9 Å². The third-order valence-electron chi connectivity index (χ3n) is 2.49. The van der Waals surface area contributed by atoms with Crippen LogP contribution in [0.2, 0.25) is 5.02 Å². The highest BCUT2D eigenvalue weighted by molar-refractivity contribution is 7.99. The molecule has 2 rings (SSSR count). The predicted octanol–water partition coefficient (Wildman–Crippen LogP) is 4.68. The molecule has 0 heterocycles. The van der Waals surface area contributed by atoms with Crippen molar-refractivity contribution in [3.63, 3.8) is 0 Å². The molecule has 0 spiro atoms. The lowest BCUT2D eigenvalue weighted by Crippen LogP contribution is -1.93. The Kier molecular flexibility index (Phi) is 4.27. The summed E-state index contributed by atoms with van der Waals surface area (Å²) in [4.78, 5) is 1.30. The first-order valence-corrected chi connectivity index (χ1v) is 6.67. The molecule has 0 amide bonds. The Labute approximate surface area is 115 Å². The van der Waals surface area contributed by atoms with Crippen molar-refractivity contribution >= 4 is 23.4 Å². The summed E-state index contributed by atoms with van der Waals surface area (Å²) in [5.74, 6) is -0.349. The van der Waals surface area contributed by atoms with E-state index in [0.29, 0.717) is 15.5 Å². The summed E-state index contributed by atoms with van der Waals surface area (Å²) >= 11 is 7.30. The lowest BCUT2D eigenvalue weighted by molar-refractivity contribution is 0.198. The smallest absolute Gasteiger partial charge is 0.137 e. The van der Waals surface area contributed by atoms with Gasteiger partial charge in [0.15, 0.2) is 0 Å². The normalized spacial score (nSPS) is 12.4. The first-order chi connectivity index (χ1) is 8.58. The summed E-state index contributed by atoms with van der Waals surface area (Å²) in [6.45, 7) is 1.61. The fraction of sp³-hybridized carbons (Fsp3) is 0.143. The van der Waals surface area contributed by atoms with Crippen molar-refractivity contribution in [2.24, 2.45) is 0 Å². The molecule has 0 saturated carbocycles. The average molecular weight is 283 g/mol. The minimum Gasteiger partial charge on any atom is -0.389 e. The van der Waals surface area contributed by atoms with Crippen LogP contribution in [0.5, 0.6) is 0 Å². The second-order valence-electron chi connectivity index (χ2n) is 3.90. The van der Waals surface area contributed by atoms with Crippen LogP contribution < -0.4 is 0 Å². The number of hydrogen-bond acceptors (Lipinski definition) is 2. The van der Waals surface area contributed by atoms with Crippen LogP contribution in [-0.4, -0.2) is 5.11 Å². The van der Waals surface area contributed by atoms with Crippen molar-refractivity contribution in [3.8, 4) is 0 Å². The van der Waals surface area contributed by atoms with Gasteiger partial charge in [-0.05, 0) is 36.8 Å². The summed E-state index contributed by atoms with van der Waals surface area (Å²) < 4.78 is 13.9. The molecule has 0 aromatic heterocycles. The lowest BCUT2D eigenvalue weighted by atomic mass is 10.1. The Bertz CT molecular complexity index is 557. The molecule has 2 aromatic carbocycles. The molecular weight excluding hydrogens is 271 g/mol. The maximum Gasteiger partial charge on any atom is 0.137 e. The van der Waals surface area contributed by atoms with E-state index >= 15 is 0 Å². The molecule has 0 aliphatic carbocycles. The molecule has 1 unspecified atom stereocenters. The van der Waals surface area contributed by atoms with Gasteiger partial charge in [-0.25, -0.2) is 4.39 Å². The molecule has 1 N–H and O–H groups in total. The van der Waals surface area contributed by atoms with E-state index in [1.54, 1.807) is 25.1 Å². The predicted molar refractivity (Wildman–Crippen MR) is 72.6 cm³/mol. The summed E-state index contributed by atoms with van der Waals surface area (Å²) in [6.07, 6.45) is -0.668. The third kappa shape index (κ3) is 3.05. The zero-order valence-corrected chi connectivity index (χ0v) is 11.3. The van der Waals surface area contributed by atoms with Crippen LogP contribution in [0.3, 0.4) is 0 Å². The maximum atomic E-state index is 13.9. The van der Waals surface area contributed by atoms with E-state index in [1.807, 2.05) is 18.2 Å². The fourth-order valence-electron chi connectivity index (χ4n) is 1.51. The second-order valence-corrected chi connectivity index (χ2v) is 5.39. The SMILES string of the molecule is CC(O)c1ccc(Sc2ccccc2Cl)c(F)c1. The highest BCUT2D eigenvalue weighted by atomic mass is 35.5. The van der Waals surface area contributed by atoms with E-state index in [0.717, 1.165) is 4.90 Å². The molecule has 0 aliphatic heterocycles. The quantitative estimate of drug-likeness (QED) is 0.882. The minimum absolute atomic E-state index is 0.349. The molecule has 1 atom stereocenters. The van der Waals surface area contributed by atoms with Crippen LogP contribution in [0.1, 0.15) is 18.6 Å². The molecule has 0 saturated heterocycles. The maximum absolute atomic E-state index is 13.9. The zero-order valence-electron chi connectivity index (χ0n) is 9.73. The van der Waals surface area contributed by atoms with E-state index in [2.05, 4.69) is 0 Å². The lowest BCUT2D eigenvalue weighted by Gasteiger charge is -2.08. The summed E-state index contributed by atoms with van der Waals surface area (Å²) in [7, 11) is 0.